The smallest absolute Gasteiger partial charge is 0.328 e. The first kappa shape index (κ1) is 13.4. The molecule has 0 aliphatic carbocycles. The summed E-state index contributed by atoms with van der Waals surface area (Å²) >= 11 is 0. The molecule has 1 amide bonds. The molecule has 0 radical (unpaired) electrons. The number of ether oxygens (including phenoxy) is 1. The number of carbonyl (C=O) groups is 2. The van der Waals surface area contributed by atoms with Crippen LogP contribution in [0.2, 0.25) is 0 Å². The average molecular weight is 265 g/mol. The fourth-order valence-corrected chi connectivity index (χ4v) is 2.01. The Balaban J connectivity index is 2.26. The van der Waals surface area contributed by atoms with E-state index in [0.29, 0.717) is 17.7 Å². The Morgan fingerprint density at radius 2 is 2.16 bits per heavy atom. The SMILES string of the molecule is Cc1cc(C(=O)N2CCOCC2C(=O)O)ccc1O. The van der Waals surface area contributed by atoms with Gasteiger partial charge >= 0.3 is 5.97 Å². The Bertz CT molecular complexity index is 514. The number of carboxylic acids is 1. The molecule has 1 atom stereocenters. The zero-order valence-electron chi connectivity index (χ0n) is 10.5. The van der Waals surface area contributed by atoms with Crippen molar-refractivity contribution >= 4 is 11.9 Å². The van der Waals surface area contributed by atoms with Gasteiger partial charge in [0.25, 0.3) is 5.91 Å². The van der Waals surface area contributed by atoms with Crippen LogP contribution in [0.4, 0.5) is 0 Å². The number of nitrogens with zero attached hydrogens (tertiary/aromatic N) is 1. The summed E-state index contributed by atoms with van der Waals surface area (Å²) in [5.74, 6) is -1.34. The maximum Gasteiger partial charge on any atom is 0.328 e. The number of amides is 1. The molecule has 1 aromatic rings. The maximum atomic E-state index is 12.3. The van der Waals surface area contributed by atoms with E-state index < -0.39 is 12.0 Å². The number of carboxylic acid groups (broad SMARTS) is 1. The molecule has 1 unspecified atom stereocenters. The lowest BCUT2D eigenvalue weighted by Crippen LogP contribution is -2.52. The lowest BCUT2D eigenvalue weighted by atomic mass is 10.1. The molecule has 0 spiro atoms. The molecule has 102 valence electrons. The second kappa shape index (κ2) is 5.27. The number of benzene rings is 1. The lowest BCUT2D eigenvalue weighted by Gasteiger charge is -2.32. The largest absolute Gasteiger partial charge is 0.508 e. The number of carbonyl (C=O) groups excluding carboxylic acids is 1. The van der Waals surface area contributed by atoms with Gasteiger partial charge in [0, 0.05) is 12.1 Å². The van der Waals surface area contributed by atoms with Crippen molar-refractivity contribution in [1.29, 1.82) is 0 Å². The summed E-state index contributed by atoms with van der Waals surface area (Å²) in [6.45, 7) is 2.25. The molecule has 1 heterocycles. The molecule has 1 aromatic carbocycles. The standard InChI is InChI=1S/C13H15NO5/c1-8-6-9(2-3-11(8)15)12(16)14-4-5-19-7-10(14)13(17)18/h2-3,6,10,15H,4-5,7H2,1H3,(H,17,18). The summed E-state index contributed by atoms with van der Waals surface area (Å²) in [4.78, 5) is 24.7. The quantitative estimate of drug-likeness (QED) is 0.818. The van der Waals surface area contributed by atoms with Crippen LogP contribution in [-0.2, 0) is 9.53 Å². The number of hydrogen-bond acceptors (Lipinski definition) is 4. The molecule has 0 bridgehead atoms. The summed E-state index contributed by atoms with van der Waals surface area (Å²) in [5.41, 5.74) is 0.939. The molecule has 2 rings (SSSR count). The van der Waals surface area contributed by atoms with Crippen molar-refractivity contribution in [2.75, 3.05) is 19.8 Å². The number of morpholine rings is 1. The second-order valence-electron chi connectivity index (χ2n) is 4.43. The number of hydrogen-bond donors (Lipinski definition) is 2. The Hall–Kier alpha value is -2.08. The van der Waals surface area contributed by atoms with Crippen LogP contribution in [0.3, 0.4) is 0 Å². The minimum atomic E-state index is -1.08. The first-order valence-corrected chi connectivity index (χ1v) is 5.92. The van der Waals surface area contributed by atoms with E-state index in [1.807, 2.05) is 0 Å². The third kappa shape index (κ3) is 2.68. The molecule has 6 heteroatoms. The maximum absolute atomic E-state index is 12.3. The number of aromatic hydroxyl groups is 1. The number of aliphatic carboxylic acids is 1. The summed E-state index contributed by atoms with van der Waals surface area (Å²) in [7, 11) is 0. The van der Waals surface area contributed by atoms with Crippen LogP contribution < -0.4 is 0 Å². The van der Waals surface area contributed by atoms with Crippen molar-refractivity contribution in [3.63, 3.8) is 0 Å². The van der Waals surface area contributed by atoms with Gasteiger partial charge in [-0.2, -0.15) is 0 Å². The van der Waals surface area contributed by atoms with Gasteiger partial charge in [0.15, 0.2) is 6.04 Å². The van der Waals surface area contributed by atoms with Gasteiger partial charge in [0.05, 0.1) is 13.2 Å². The Kier molecular flexibility index (Phi) is 3.71. The Morgan fingerprint density at radius 1 is 1.42 bits per heavy atom. The van der Waals surface area contributed by atoms with Crippen molar-refractivity contribution in [3.05, 3.63) is 29.3 Å². The van der Waals surface area contributed by atoms with Gasteiger partial charge in [-0.1, -0.05) is 0 Å². The van der Waals surface area contributed by atoms with Crippen molar-refractivity contribution < 1.29 is 24.5 Å². The van der Waals surface area contributed by atoms with Gasteiger partial charge in [-0.3, -0.25) is 4.79 Å². The normalized spacial score (nSPS) is 19.2. The van der Waals surface area contributed by atoms with Crippen LogP contribution in [0.5, 0.6) is 5.75 Å². The minimum absolute atomic E-state index is 0.00185. The summed E-state index contributed by atoms with van der Waals surface area (Å²) in [5, 5.41) is 18.5. The molecule has 1 aliphatic heterocycles. The number of rotatable bonds is 2. The zero-order valence-corrected chi connectivity index (χ0v) is 10.5. The van der Waals surface area contributed by atoms with Gasteiger partial charge in [-0.05, 0) is 30.7 Å². The molecule has 2 N–H and O–H groups in total. The van der Waals surface area contributed by atoms with Crippen LogP contribution in [0.1, 0.15) is 15.9 Å². The van der Waals surface area contributed by atoms with E-state index in [1.54, 1.807) is 13.0 Å². The van der Waals surface area contributed by atoms with Crippen LogP contribution in [0.25, 0.3) is 0 Å². The topological polar surface area (TPSA) is 87.1 Å². The molecule has 1 fully saturated rings. The minimum Gasteiger partial charge on any atom is -0.508 e. The predicted molar refractivity (Wildman–Crippen MR) is 66.1 cm³/mol. The molecular weight excluding hydrogens is 250 g/mol. The van der Waals surface area contributed by atoms with Gasteiger partial charge in [0.1, 0.15) is 5.75 Å². The zero-order chi connectivity index (χ0) is 14.0. The monoisotopic (exact) mass is 265 g/mol. The highest BCUT2D eigenvalue weighted by Crippen LogP contribution is 2.19. The van der Waals surface area contributed by atoms with Gasteiger partial charge < -0.3 is 19.8 Å². The van der Waals surface area contributed by atoms with E-state index >= 15 is 0 Å². The van der Waals surface area contributed by atoms with Crippen molar-refractivity contribution in [2.45, 2.75) is 13.0 Å². The van der Waals surface area contributed by atoms with Gasteiger partial charge in [0.2, 0.25) is 0 Å². The highest BCUT2D eigenvalue weighted by atomic mass is 16.5. The molecule has 6 nitrogen and oxygen atoms in total. The Labute approximate surface area is 110 Å². The number of aryl methyl sites for hydroxylation is 1. The van der Waals surface area contributed by atoms with Gasteiger partial charge in [-0.25, -0.2) is 4.79 Å². The molecule has 0 saturated carbocycles. The van der Waals surface area contributed by atoms with Crippen molar-refractivity contribution in [2.24, 2.45) is 0 Å². The Morgan fingerprint density at radius 3 is 2.79 bits per heavy atom. The average Bonchev–Trinajstić information content (AvgIpc) is 2.41. The molecule has 1 aliphatic rings. The molecular formula is C13H15NO5. The number of phenols is 1. The summed E-state index contributed by atoms with van der Waals surface area (Å²) < 4.78 is 5.09. The fourth-order valence-electron chi connectivity index (χ4n) is 2.01. The third-order valence-corrected chi connectivity index (χ3v) is 3.12. The van der Waals surface area contributed by atoms with Crippen molar-refractivity contribution in [3.8, 4) is 5.75 Å². The fraction of sp³-hybridized carbons (Fsp3) is 0.385. The number of phenolic OH excluding ortho intramolecular Hbond substituents is 1. The summed E-state index contributed by atoms with van der Waals surface area (Å²) in [6, 6.07) is 3.50. The van der Waals surface area contributed by atoms with Crippen LogP contribution in [0, 0.1) is 6.92 Å². The van der Waals surface area contributed by atoms with Gasteiger partial charge in [-0.15, -0.1) is 0 Å². The second-order valence-corrected chi connectivity index (χ2v) is 4.43. The van der Waals surface area contributed by atoms with E-state index in [9.17, 15) is 14.7 Å². The predicted octanol–water partition coefficient (Wildman–Crippen LogP) is 0.626. The van der Waals surface area contributed by atoms with E-state index in [1.165, 1.54) is 17.0 Å². The first-order valence-electron chi connectivity index (χ1n) is 5.92. The third-order valence-electron chi connectivity index (χ3n) is 3.12. The van der Waals surface area contributed by atoms with E-state index in [4.69, 9.17) is 9.84 Å². The van der Waals surface area contributed by atoms with E-state index in [-0.39, 0.29) is 24.8 Å². The van der Waals surface area contributed by atoms with Crippen LogP contribution >= 0.6 is 0 Å². The first-order chi connectivity index (χ1) is 9.00. The van der Waals surface area contributed by atoms with Crippen molar-refractivity contribution in [1.82, 2.24) is 4.90 Å². The molecule has 19 heavy (non-hydrogen) atoms. The molecule has 1 saturated heterocycles. The summed E-state index contributed by atoms with van der Waals surface area (Å²) in [6.07, 6.45) is 0. The lowest BCUT2D eigenvalue weighted by molar-refractivity contribution is -0.147. The van der Waals surface area contributed by atoms with Crippen LogP contribution in [-0.4, -0.2) is 52.8 Å². The highest BCUT2D eigenvalue weighted by molar-refractivity contribution is 5.97. The molecule has 0 aromatic heterocycles. The van der Waals surface area contributed by atoms with Crippen LogP contribution in [0.15, 0.2) is 18.2 Å². The van der Waals surface area contributed by atoms with E-state index in [2.05, 4.69) is 0 Å². The highest BCUT2D eigenvalue weighted by Gasteiger charge is 2.33. The van der Waals surface area contributed by atoms with E-state index in [0.717, 1.165) is 0 Å².